The summed E-state index contributed by atoms with van der Waals surface area (Å²) in [5.41, 5.74) is 6.17. The van der Waals surface area contributed by atoms with Crippen LogP contribution in [-0.2, 0) is 14.8 Å². The van der Waals surface area contributed by atoms with E-state index in [0.29, 0.717) is 30.8 Å². The Morgan fingerprint density at radius 1 is 1.38 bits per heavy atom. The van der Waals surface area contributed by atoms with Crippen molar-refractivity contribution in [1.82, 2.24) is 10.0 Å². The topological polar surface area (TPSA) is 111 Å². The van der Waals surface area contributed by atoms with Crippen LogP contribution in [0.3, 0.4) is 0 Å². The summed E-state index contributed by atoms with van der Waals surface area (Å²) in [5, 5.41) is 2.63. The number of nitrogens with one attached hydrogen (secondary N) is 2. The Kier molecular flexibility index (Phi) is 5.03. The number of nitrogens with two attached hydrogens (primary N) is 1. The van der Waals surface area contributed by atoms with E-state index in [9.17, 15) is 13.2 Å². The molecule has 1 atom stereocenters. The van der Waals surface area contributed by atoms with Gasteiger partial charge in [-0.2, -0.15) is 0 Å². The van der Waals surface area contributed by atoms with E-state index in [4.69, 9.17) is 10.5 Å². The summed E-state index contributed by atoms with van der Waals surface area (Å²) in [5.74, 6) is 0.261. The molecule has 7 nitrogen and oxygen atoms in total. The highest BCUT2D eigenvalue weighted by atomic mass is 32.2. The Hall–Kier alpha value is -1.80. The number of anilines is 1. The molecule has 1 saturated heterocycles. The first-order chi connectivity index (χ1) is 9.96. The van der Waals surface area contributed by atoms with Gasteiger partial charge in [0.2, 0.25) is 15.9 Å². The number of hydrogen-bond acceptors (Lipinski definition) is 5. The van der Waals surface area contributed by atoms with Gasteiger partial charge in [-0.3, -0.25) is 4.79 Å². The van der Waals surface area contributed by atoms with Gasteiger partial charge in [0.1, 0.15) is 12.4 Å². The fourth-order valence-electron chi connectivity index (χ4n) is 2.02. The summed E-state index contributed by atoms with van der Waals surface area (Å²) in [6.45, 7) is 0.340. The van der Waals surface area contributed by atoms with Crippen molar-refractivity contribution in [3.8, 4) is 5.75 Å². The molecule has 0 aliphatic carbocycles. The monoisotopic (exact) mass is 313 g/mol. The average Bonchev–Trinajstić information content (AvgIpc) is 2.43. The molecule has 1 aliphatic heterocycles. The molecule has 116 valence electrons. The van der Waals surface area contributed by atoms with Crippen molar-refractivity contribution in [3.63, 3.8) is 0 Å². The van der Waals surface area contributed by atoms with Crippen LogP contribution in [0.25, 0.3) is 0 Å². The van der Waals surface area contributed by atoms with Crippen molar-refractivity contribution in [2.75, 3.05) is 24.6 Å². The quantitative estimate of drug-likeness (QED) is 0.632. The number of rotatable bonds is 6. The van der Waals surface area contributed by atoms with Gasteiger partial charge in [-0.25, -0.2) is 13.1 Å². The molecule has 1 aliphatic rings. The van der Waals surface area contributed by atoms with Gasteiger partial charge in [0.15, 0.2) is 0 Å². The van der Waals surface area contributed by atoms with E-state index >= 15 is 0 Å². The van der Waals surface area contributed by atoms with Crippen molar-refractivity contribution < 1.29 is 17.9 Å². The lowest BCUT2D eigenvalue weighted by Crippen LogP contribution is -2.48. The molecule has 1 heterocycles. The van der Waals surface area contributed by atoms with Crippen molar-refractivity contribution in [2.24, 2.45) is 0 Å². The Bertz CT molecular complexity index is 593. The summed E-state index contributed by atoms with van der Waals surface area (Å²) in [4.78, 5) is 11.0. The SMILES string of the molecule is Nc1ccccc1OCCS(=O)(=O)NC1CCC(=O)NC1. The van der Waals surface area contributed by atoms with Crippen LogP contribution in [0.2, 0.25) is 0 Å². The molecule has 8 heteroatoms. The normalized spacial score (nSPS) is 19.0. The van der Waals surface area contributed by atoms with Gasteiger partial charge < -0.3 is 15.8 Å². The fourth-order valence-corrected chi connectivity index (χ4v) is 3.15. The van der Waals surface area contributed by atoms with Crippen LogP contribution in [-0.4, -0.2) is 39.3 Å². The highest BCUT2D eigenvalue weighted by Crippen LogP contribution is 2.19. The maximum atomic E-state index is 11.9. The van der Waals surface area contributed by atoms with E-state index in [-0.39, 0.29) is 24.3 Å². The Labute approximate surface area is 123 Å². The minimum absolute atomic E-state index is 0.0165. The summed E-state index contributed by atoms with van der Waals surface area (Å²) < 4.78 is 31.8. The number of benzene rings is 1. The number of sulfonamides is 1. The van der Waals surface area contributed by atoms with Crippen LogP contribution >= 0.6 is 0 Å². The molecule has 0 aromatic heterocycles. The van der Waals surface area contributed by atoms with Crippen LogP contribution in [0, 0.1) is 0 Å². The molecular weight excluding hydrogens is 294 g/mol. The van der Waals surface area contributed by atoms with Crippen LogP contribution in [0.1, 0.15) is 12.8 Å². The number of para-hydroxylation sites is 2. The van der Waals surface area contributed by atoms with Crippen LogP contribution < -0.4 is 20.5 Å². The zero-order valence-corrected chi connectivity index (χ0v) is 12.4. The van der Waals surface area contributed by atoms with Gasteiger partial charge >= 0.3 is 0 Å². The standard InChI is InChI=1S/C13H19N3O4S/c14-11-3-1-2-4-12(11)20-7-8-21(18,19)16-10-5-6-13(17)15-9-10/h1-4,10,16H,5-9,14H2,(H,15,17). The summed E-state index contributed by atoms with van der Waals surface area (Å²) >= 11 is 0. The molecule has 1 amide bonds. The van der Waals surface area contributed by atoms with Gasteiger partial charge in [0, 0.05) is 19.0 Å². The van der Waals surface area contributed by atoms with E-state index in [2.05, 4.69) is 10.0 Å². The molecular formula is C13H19N3O4S. The fraction of sp³-hybridized carbons (Fsp3) is 0.462. The third-order valence-corrected chi connectivity index (χ3v) is 4.54. The first-order valence-electron chi connectivity index (χ1n) is 6.70. The van der Waals surface area contributed by atoms with E-state index in [1.807, 2.05) is 0 Å². The Balaban J connectivity index is 1.79. The molecule has 1 aromatic rings. The molecule has 4 N–H and O–H groups in total. The molecule has 1 aromatic carbocycles. The Morgan fingerprint density at radius 3 is 2.81 bits per heavy atom. The number of hydrogen-bond donors (Lipinski definition) is 3. The largest absolute Gasteiger partial charge is 0.490 e. The molecule has 0 saturated carbocycles. The minimum atomic E-state index is -3.45. The number of piperidine rings is 1. The predicted molar refractivity (Wildman–Crippen MR) is 79.3 cm³/mol. The van der Waals surface area contributed by atoms with Crippen molar-refractivity contribution in [1.29, 1.82) is 0 Å². The number of ether oxygens (including phenoxy) is 1. The zero-order chi connectivity index (χ0) is 15.3. The van der Waals surface area contributed by atoms with Crippen LogP contribution in [0.15, 0.2) is 24.3 Å². The summed E-state index contributed by atoms with van der Waals surface area (Å²) in [7, 11) is -3.45. The van der Waals surface area contributed by atoms with Gasteiger partial charge in [0.05, 0.1) is 11.4 Å². The van der Waals surface area contributed by atoms with Crippen LogP contribution in [0.5, 0.6) is 5.75 Å². The first kappa shape index (κ1) is 15.6. The van der Waals surface area contributed by atoms with Gasteiger partial charge in [-0.15, -0.1) is 0 Å². The molecule has 2 rings (SSSR count). The van der Waals surface area contributed by atoms with E-state index < -0.39 is 10.0 Å². The number of carbonyl (C=O) groups excluding carboxylic acids is 1. The Morgan fingerprint density at radius 2 is 2.14 bits per heavy atom. The smallest absolute Gasteiger partial charge is 0.220 e. The van der Waals surface area contributed by atoms with Gasteiger partial charge in [0.25, 0.3) is 0 Å². The minimum Gasteiger partial charge on any atom is -0.490 e. The van der Waals surface area contributed by atoms with Crippen LogP contribution in [0.4, 0.5) is 5.69 Å². The lowest BCUT2D eigenvalue weighted by molar-refractivity contribution is -0.122. The third-order valence-electron chi connectivity index (χ3n) is 3.14. The van der Waals surface area contributed by atoms with E-state index in [1.165, 1.54) is 0 Å². The van der Waals surface area contributed by atoms with Gasteiger partial charge in [-0.05, 0) is 18.6 Å². The average molecular weight is 313 g/mol. The predicted octanol–water partition coefficient (Wildman–Crippen LogP) is -0.154. The maximum Gasteiger partial charge on any atom is 0.220 e. The number of amides is 1. The lowest BCUT2D eigenvalue weighted by atomic mass is 10.1. The molecule has 1 unspecified atom stereocenters. The highest BCUT2D eigenvalue weighted by Gasteiger charge is 2.22. The lowest BCUT2D eigenvalue weighted by Gasteiger charge is -2.23. The molecule has 1 fully saturated rings. The molecule has 21 heavy (non-hydrogen) atoms. The van der Waals surface area contributed by atoms with E-state index in [0.717, 1.165) is 0 Å². The van der Waals surface area contributed by atoms with E-state index in [1.54, 1.807) is 24.3 Å². The first-order valence-corrected chi connectivity index (χ1v) is 8.35. The second-order valence-corrected chi connectivity index (χ2v) is 6.74. The van der Waals surface area contributed by atoms with Crippen molar-refractivity contribution >= 4 is 21.6 Å². The maximum absolute atomic E-state index is 11.9. The highest BCUT2D eigenvalue weighted by molar-refractivity contribution is 7.89. The van der Waals surface area contributed by atoms with Crippen molar-refractivity contribution in [2.45, 2.75) is 18.9 Å². The van der Waals surface area contributed by atoms with Gasteiger partial charge in [-0.1, -0.05) is 12.1 Å². The summed E-state index contributed by atoms with van der Waals surface area (Å²) in [6.07, 6.45) is 0.849. The molecule has 0 radical (unpaired) electrons. The molecule has 0 bridgehead atoms. The third kappa shape index (κ3) is 4.91. The summed E-state index contributed by atoms with van der Waals surface area (Å²) in [6, 6.07) is 6.66. The molecule has 0 spiro atoms. The number of nitrogen functional groups attached to an aromatic ring is 1. The second kappa shape index (κ2) is 6.77. The zero-order valence-electron chi connectivity index (χ0n) is 11.5. The number of carbonyl (C=O) groups is 1. The van der Waals surface area contributed by atoms with Crippen molar-refractivity contribution in [3.05, 3.63) is 24.3 Å². The second-order valence-electron chi connectivity index (χ2n) is 4.86.